The number of hydrogen-bond donors (Lipinski definition) is 0. The van der Waals surface area contributed by atoms with Gasteiger partial charge in [0.1, 0.15) is 0 Å². The third-order valence-corrected chi connectivity index (χ3v) is 6.94. The van der Waals surface area contributed by atoms with Crippen molar-refractivity contribution in [3.05, 3.63) is 0 Å². The number of hydrogen-bond acceptors (Lipinski definition) is 3. The largest absolute Gasteiger partial charge is 0.383 e. The van der Waals surface area contributed by atoms with Crippen molar-refractivity contribution in [1.82, 2.24) is 4.67 Å². The zero-order valence-electron chi connectivity index (χ0n) is 14.2. The van der Waals surface area contributed by atoms with Crippen LogP contribution in [0, 0.1) is 5.41 Å². The van der Waals surface area contributed by atoms with E-state index in [9.17, 15) is 4.57 Å². The number of rotatable bonds is 5. The Kier molecular flexibility index (Phi) is 5.88. The summed E-state index contributed by atoms with van der Waals surface area (Å²) in [5, 5.41) is -0.380. The second-order valence-corrected chi connectivity index (χ2v) is 11.1. The van der Waals surface area contributed by atoms with Crippen molar-refractivity contribution in [2.45, 2.75) is 65.6 Å². The van der Waals surface area contributed by atoms with Gasteiger partial charge in [-0.1, -0.05) is 20.8 Å². The van der Waals surface area contributed by atoms with E-state index in [0.717, 1.165) is 19.4 Å². The van der Waals surface area contributed by atoms with Crippen LogP contribution in [0.4, 0.5) is 0 Å². The molecular formula is C15H32NO3P. The average molecular weight is 305 g/mol. The van der Waals surface area contributed by atoms with Crippen LogP contribution in [0.1, 0.15) is 54.4 Å². The fourth-order valence-corrected chi connectivity index (χ4v) is 5.35. The molecule has 2 atom stereocenters. The van der Waals surface area contributed by atoms with Gasteiger partial charge < -0.3 is 9.26 Å². The van der Waals surface area contributed by atoms with E-state index < -0.39 is 7.52 Å². The monoisotopic (exact) mass is 305 g/mol. The lowest BCUT2D eigenvalue weighted by Gasteiger charge is -2.41. The van der Waals surface area contributed by atoms with Crippen LogP contribution >= 0.6 is 7.52 Å². The molecule has 0 radical (unpaired) electrons. The standard InChI is InChI=1S/C15H32NO3P/c1-14(2,3)12-19-20(17,15(4,5)6)16-10-8-9-13(16)11-18-7/h13H,8-12H2,1-7H3/t13-,20?/m0/s1. The molecule has 1 saturated heterocycles. The summed E-state index contributed by atoms with van der Waals surface area (Å²) in [6.07, 6.45) is 2.10. The van der Waals surface area contributed by atoms with E-state index >= 15 is 0 Å². The Bertz CT molecular complexity index is 357. The Labute approximate surface area is 124 Å². The molecular weight excluding hydrogens is 273 g/mol. The molecule has 4 nitrogen and oxygen atoms in total. The summed E-state index contributed by atoms with van der Waals surface area (Å²) in [5.41, 5.74) is 0.0113. The summed E-state index contributed by atoms with van der Waals surface area (Å²) in [7, 11) is -1.18. The van der Waals surface area contributed by atoms with Crippen molar-refractivity contribution in [3.63, 3.8) is 0 Å². The third-order valence-electron chi connectivity index (χ3n) is 3.56. The molecule has 1 fully saturated rings. The van der Waals surface area contributed by atoms with Crippen LogP contribution in [0.5, 0.6) is 0 Å². The van der Waals surface area contributed by atoms with Crippen molar-refractivity contribution < 1.29 is 13.8 Å². The number of ether oxygens (including phenoxy) is 1. The van der Waals surface area contributed by atoms with Crippen molar-refractivity contribution in [3.8, 4) is 0 Å². The van der Waals surface area contributed by atoms with Gasteiger partial charge in [0.2, 0.25) is 0 Å². The van der Waals surface area contributed by atoms with E-state index in [0.29, 0.717) is 13.2 Å². The average Bonchev–Trinajstić information content (AvgIpc) is 2.72. The summed E-state index contributed by atoms with van der Waals surface area (Å²) in [4.78, 5) is 0. The molecule has 120 valence electrons. The summed E-state index contributed by atoms with van der Waals surface area (Å²) < 4.78 is 27.0. The maximum absolute atomic E-state index is 13.6. The zero-order chi connectivity index (χ0) is 15.6. The Morgan fingerprint density at radius 1 is 1.20 bits per heavy atom. The van der Waals surface area contributed by atoms with Crippen molar-refractivity contribution in [1.29, 1.82) is 0 Å². The summed E-state index contributed by atoms with van der Waals surface area (Å²) in [5.74, 6) is 0. The first-order valence-corrected chi connectivity index (χ1v) is 9.10. The van der Waals surface area contributed by atoms with E-state index in [2.05, 4.69) is 25.4 Å². The Morgan fingerprint density at radius 3 is 2.25 bits per heavy atom. The minimum Gasteiger partial charge on any atom is -0.383 e. The molecule has 5 heteroatoms. The first-order chi connectivity index (χ1) is 9.01. The summed E-state index contributed by atoms with van der Waals surface area (Å²) in [6, 6.07) is 0.213. The number of methoxy groups -OCH3 is 1. The van der Waals surface area contributed by atoms with E-state index in [1.165, 1.54) is 0 Å². The molecule has 0 aromatic carbocycles. The van der Waals surface area contributed by atoms with Crippen molar-refractivity contribution in [2.75, 3.05) is 26.9 Å². The first-order valence-electron chi connectivity index (χ1n) is 7.52. The molecule has 0 aromatic rings. The van der Waals surface area contributed by atoms with E-state index in [4.69, 9.17) is 9.26 Å². The van der Waals surface area contributed by atoms with Crippen LogP contribution in [0.25, 0.3) is 0 Å². The maximum Gasteiger partial charge on any atom is 0.277 e. The van der Waals surface area contributed by atoms with Crippen LogP contribution in [0.3, 0.4) is 0 Å². The highest BCUT2D eigenvalue weighted by Crippen LogP contribution is 2.64. The van der Waals surface area contributed by atoms with E-state index in [1.807, 2.05) is 20.8 Å². The highest BCUT2D eigenvalue weighted by atomic mass is 31.2. The molecule has 0 aromatic heterocycles. The van der Waals surface area contributed by atoms with E-state index in [1.54, 1.807) is 7.11 Å². The van der Waals surface area contributed by atoms with Crippen LogP contribution < -0.4 is 0 Å². The van der Waals surface area contributed by atoms with Crippen molar-refractivity contribution >= 4 is 7.52 Å². The Morgan fingerprint density at radius 2 is 1.80 bits per heavy atom. The van der Waals surface area contributed by atoms with Gasteiger partial charge in [0.15, 0.2) is 0 Å². The lowest BCUT2D eigenvalue weighted by molar-refractivity contribution is 0.125. The number of nitrogens with zero attached hydrogens (tertiary/aromatic N) is 1. The van der Waals surface area contributed by atoms with Crippen LogP contribution in [0.2, 0.25) is 0 Å². The molecule has 0 saturated carbocycles. The highest BCUT2D eigenvalue weighted by molar-refractivity contribution is 7.58. The lowest BCUT2D eigenvalue weighted by Crippen LogP contribution is -2.38. The van der Waals surface area contributed by atoms with Crippen molar-refractivity contribution in [2.24, 2.45) is 5.41 Å². The van der Waals surface area contributed by atoms with Gasteiger partial charge in [-0.3, -0.25) is 4.57 Å². The van der Waals surface area contributed by atoms with E-state index in [-0.39, 0.29) is 16.6 Å². The Hall–Kier alpha value is 0.110. The van der Waals surface area contributed by atoms with Crippen LogP contribution in [0.15, 0.2) is 0 Å². The minimum absolute atomic E-state index is 0.0113. The fourth-order valence-electron chi connectivity index (χ4n) is 2.46. The molecule has 1 aliphatic rings. The van der Waals surface area contributed by atoms with Crippen LogP contribution in [-0.4, -0.2) is 42.7 Å². The smallest absolute Gasteiger partial charge is 0.277 e. The molecule has 0 bridgehead atoms. The molecule has 0 spiro atoms. The summed E-state index contributed by atoms with van der Waals surface area (Å²) >= 11 is 0. The lowest BCUT2D eigenvalue weighted by atomic mass is 9.99. The predicted octanol–water partition coefficient (Wildman–Crippen LogP) is 4.15. The van der Waals surface area contributed by atoms with Crippen LogP contribution in [-0.2, 0) is 13.8 Å². The van der Waals surface area contributed by atoms with Gasteiger partial charge in [0.05, 0.1) is 18.4 Å². The van der Waals surface area contributed by atoms with Gasteiger partial charge in [0.25, 0.3) is 7.52 Å². The second kappa shape index (κ2) is 6.48. The molecule has 0 amide bonds. The molecule has 0 aliphatic carbocycles. The quantitative estimate of drug-likeness (QED) is 0.715. The fraction of sp³-hybridized carbons (Fsp3) is 1.00. The first kappa shape index (κ1) is 18.2. The molecule has 1 aliphatic heterocycles. The molecule has 1 rings (SSSR count). The normalized spacial score (nSPS) is 24.9. The maximum atomic E-state index is 13.6. The van der Waals surface area contributed by atoms with Gasteiger partial charge in [-0.25, -0.2) is 4.67 Å². The molecule has 1 unspecified atom stereocenters. The molecule has 1 heterocycles. The molecule has 0 N–H and O–H groups in total. The van der Waals surface area contributed by atoms with Gasteiger partial charge in [-0.05, 0) is 39.0 Å². The van der Waals surface area contributed by atoms with Gasteiger partial charge in [0, 0.05) is 19.7 Å². The van der Waals surface area contributed by atoms with Gasteiger partial charge in [-0.2, -0.15) is 0 Å². The topological polar surface area (TPSA) is 38.8 Å². The highest BCUT2D eigenvalue weighted by Gasteiger charge is 2.48. The Balaban J connectivity index is 2.97. The van der Waals surface area contributed by atoms with Gasteiger partial charge in [-0.15, -0.1) is 0 Å². The zero-order valence-corrected chi connectivity index (χ0v) is 15.1. The predicted molar refractivity (Wildman–Crippen MR) is 84.4 cm³/mol. The van der Waals surface area contributed by atoms with Gasteiger partial charge >= 0.3 is 0 Å². The SMILES string of the molecule is COC[C@@H]1CCCN1P(=O)(OCC(C)(C)C)C(C)(C)C. The minimum atomic E-state index is -2.88. The summed E-state index contributed by atoms with van der Waals surface area (Å²) in [6.45, 7) is 14.3. The molecule has 20 heavy (non-hydrogen) atoms. The third kappa shape index (κ3) is 4.30. The second-order valence-electron chi connectivity index (χ2n) is 7.94.